The van der Waals surface area contributed by atoms with Gasteiger partial charge in [-0.1, -0.05) is 50.2 Å². The molecular formula is C27H29N5O2. The van der Waals surface area contributed by atoms with Crippen LogP contribution in [0.15, 0.2) is 65.7 Å². The third kappa shape index (κ3) is 3.81. The average molecular weight is 456 g/mol. The van der Waals surface area contributed by atoms with Crippen molar-refractivity contribution in [1.82, 2.24) is 15.2 Å². The number of para-hydroxylation sites is 2. The zero-order chi connectivity index (χ0) is 23.9. The third-order valence-corrected chi connectivity index (χ3v) is 7.03. The number of carbonyl (C=O) groups is 2. The molecule has 174 valence electrons. The van der Waals surface area contributed by atoms with E-state index < -0.39 is 5.54 Å². The molecule has 34 heavy (non-hydrogen) atoms. The number of benzene rings is 2. The molecule has 7 heteroatoms. The minimum absolute atomic E-state index is 0.00988. The second-order valence-electron chi connectivity index (χ2n) is 9.41. The van der Waals surface area contributed by atoms with Gasteiger partial charge < -0.3 is 15.1 Å². The molecule has 0 bridgehead atoms. The van der Waals surface area contributed by atoms with Crippen molar-refractivity contribution in [3.63, 3.8) is 0 Å². The van der Waals surface area contributed by atoms with Gasteiger partial charge >= 0.3 is 0 Å². The summed E-state index contributed by atoms with van der Waals surface area (Å²) in [6.07, 6.45) is 0. The molecule has 1 atom stereocenters. The highest BCUT2D eigenvalue weighted by Crippen LogP contribution is 2.29. The van der Waals surface area contributed by atoms with Crippen molar-refractivity contribution in [2.45, 2.75) is 26.3 Å². The van der Waals surface area contributed by atoms with Crippen LogP contribution in [0.3, 0.4) is 0 Å². The highest BCUT2D eigenvalue weighted by atomic mass is 16.2. The smallest absolute Gasteiger partial charge is 0.256 e. The first kappa shape index (κ1) is 22.1. The number of amides is 2. The fourth-order valence-electron chi connectivity index (χ4n) is 4.48. The lowest BCUT2D eigenvalue weighted by Gasteiger charge is -2.36. The topological polar surface area (TPSA) is 77.9 Å². The van der Waals surface area contributed by atoms with Crippen LogP contribution in [0.25, 0.3) is 10.9 Å². The van der Waals surface area contributed by atoms with Crippen LogP contribution in [0.2, 0.25) is 0 Å². The summed E-state index contributed by atoms with van der Waals surface area (Å²) in [5.74, 6) is 0.132. The summed E-state index contributed by atoms with van der Waals surface area (Å²) in [5.41, 5.74) is 1.95. The van der Waals surface area contributed by atoms with Gasteiger partial charge in [-0.15, -0.1) is 0 Å². The monoisotopic (exact) mass is 455 g/mol. The van der Waals surface area contributed by atoms with Crippen LogP contribution in [0.1, 0.15) is 36.8 Å². The molecule has 2 aromatic carbocycles. The van der Waals surface area contributed by atoms with E-state index in [0.717, 1.165) is 24.0 Å². The number of hydrogen-bond acceptors (Lipinski definition) is 5. The van der Waals surface area contributed by atoms with Crippen molar-refractivity contribution in [3.8, 4) is 0 Å². The van der Waals surface area contributed by atoms with E-state index in [-0.39, 0.29) is 17.7 Å². The lowest BCUT2D eigenvalue weighted by atomic mass is 9.89. The van der Waals surface area contributed by atoms with Crippen LogP contribution in [-0.2, 0) is 4.79 Å². The SMILES string of the molecule is CC(C)C1(C)N=C(c2nc3ccccc3cc2C(=O)N2CCN(c3ccccc3)CC2)NC1=O. The summed E-state index contributed by atoms with van der Waals surface area (Å²) in [7, 11) is 0. The van der Waals surface area contributed by atoms with Gasteiger partial charge in [0.2, 0.25) is 0 Å². The van der Waals surface area contributed by atoms with Gasteiger partial charge in [-0.05, 0) is 37.1 Å². The summed E-state index contributed by atoms with van der Waals surface area (Å²) in [4.78, 5) is 40.2. The Morgan fingerprint density at radius 1 is 1.00 bits per heavy atom. The molecule has 3 heterocycles. The Hall–Kier alpha value is -3.74. The van der Waals surface area contributed by atoms with Crippen molar-refractivity contribution in [2.75, 3.05) is 31.1 Å². The van der Waals surface area contributed by atoms with Gasteiger partial charge in [0.25, 0.3) is 11.8 Å². The Kier molecular flexibility index (Phi) is 5.55. The average Bonchev–Trinajstić information content (AvgIpc) is 3.19. The van der Waals surface area contributed by atoms with Gasteiger partial charge in [-0.2, -0.15) is 0 Å². The molecule has 1 aromatic heterocycles. The summed E-state index contributed by atoms with van der Waals surface area (Å²) < 4.78 is 0. The van der Waals surface area contributed by atoms with E-state index in [1.807, 2.05) is 74.2 Å². The van der Waals surface area contributed by atoms with Crippen LogP contribution < -0.4 is 10.2 Å². The first-order valence-corrected chi connectivity index (χ1v) is 11.8. The molecule has 2 aliphatic heterocycles. The standard InChI is InChI=1S/C27H29N5O2/c1-18(2)27(3)26(34)29-24(30-27)23-21(17-19-9-7-8-12-22(19)28-23)25(33)32-15-13-31(14-16-32)20-10-5-4-6-11-20/h4-12,17-18H,13-16H2,1-3H3,(H,29,30,34). The number of rotatable bonds is 4. The van der Waals surface area contributed by atoms with E-state index in [9.17, 15) is 9.59 Å². The number of hydrogen-bond donors (Lipinski definition) is 1. The van der Waals surface area contributed by atoms with Crippen molar-refractivity contribution >= 4 is 34.2 Å². The highest BCUT2D eigenvalue weighted by Gasteiger charge is 2.43. The van der Waals surface area contributed by atoms with Crippen molar-refractivity contribution in [2.24, 2.45) is 10.9 Å². The van der Waals surface area contributed by atoms with Gasteiger partial charge in [0.05, 0.1) is 11.1 Å². The van der Waals surface area contributed by atoms with E-state index in [2.05, 4.69) is 22.3 Å². The molecule has 0 radical (unpaired) electrons. The van der Waals surface area contributed by atoms with E-state index >= 15 is 0 Å². The number of fused-ring (bicyclic) bond motifs is 1. The van der Waals surface area contributed by atoms with Crippen LogP contribution in [0, 0.1) is 5.92 Å². The molecule has 2 amide bonds. The van der Waals surface area contributed by atoms with E-state index in [0.29, 0.717) is 30.2 Å². The first-order chi connectivity index (χ1) is 16.4. The number of aliphatic imine (C=N–C) groups is 1. The summed E-state index contributed by atoms with van der Waals surface area (Å²) in [5, 5.41) is 3.79. The van der Waals surface area contributed by atoms with Gasteiger partial charge in [-0.25, -0.2) is 9.98 Å². The van der Waals surface area contributed by atoms with Crippen molar-refractivity contribution in [3.05, 3.63) is 71.9 Å². The Labute approximate surface area is 199 Å². The summed E-state index contributed by atoms with van der Waals surface area (Å²) >= 11 is 0. The van der Waals surface area contributed by atoms with Crippen molar-refractivity contribution in [1.29, 1.82) is 0 Å². The molecule has 1 fully saturated rings. The van der Waals surface area contributed by atoms with Crippen LogP contribution in [-0.4, -0.2) is 59.3 Å². The normalized spacial score (nSPS) is 20.6. The molecular weight excluding hydrogens is 426 g/mol. The third-order valence-electron chi connectivity index (χ3n) is 7.03. The van der Waals surface area contributed by atoms with Gasteiger partial charge in [-0.3, -0.25) is 9.59 Å². The molecule has 3 aromatic rings. The molecule has 1 unspecified atom stereocenters. The van der Waals surface area contributed by atoms with E-state index in [4.69, 9.17) is 9.98 Å². The lowest BCUT2D eigenvalue weighted by Crippen LogP contribution is -2.49. The highest BCUT2D eigenvalue weighted by molar-refractivity contribution is 6.19. The summed E-state index contributed by atoms with van der Waals surface area (Å²) in [6.45, 7) is 8.51. The molecule has 0 saturated carbocycles. The zero-order valence-electron chi connectivity index (χ0n) is 19.8. The van der Waals surface area contributed by atoms with Crippen LogP contribution in [0.4, 0.5) is 5.69 Å². The molecule has 7 nitrogen and oxygen atoms in total. The maximum absolute atomic E-state index is 13.7. The quantitative estimate of drug-likeness (QED) is 0.653. The summed E-state index contributed by atoms with van der Waals surface area (Å²) in [6, 6.07) is 19.8. The fourth-order valence-corrected chi connectivity index (χ4v) is 4.48. The van der Waals surface area contributed by atoms with E-state index in [1.165, 1.54) is 5.69 Å². The minimum atomic E-state index is -0.885. The lowest BCUT2D eigenvalue weighted by molar-refractivity contribution is -0.124. The predicted octanol–water partition coefficient (Wildman–Crippen LogP) is 3.49. The Morgan fingerprint density at radius 3 is 2.35 bits per heavy atom. The van der Waals surface area contributed by atoms with Gasteiger partial charge in [0, 0.05) is 37.3 Å². The second-order valence-corrected chi connectivity index (χ2v) is 9.41. The Morgan fingerprint density at radius 2 is 1.68 bits per heavy atom. The molecule has 5 rings (SSSR count). The van der Waals surface area contributed by atoms with Gasteiger partial charge in [0.15, 0.2) is 5.84 Å². The molecule has 0 aliphatic carbocycles. The number of aromatic nitrogens is 1. The van der Waals surface area contributed by atoms with Crippen molar-refractivity contribution < 1.29 is 9.59 Å². The molecule has 1 N–H and O–H groups in total. The first-order valence-electron chi connectivity index (χ1n) is 11.8. The fraction of sp³-hybridized carbons (Fsp3) is 0.333. The number of amidine groups is 1. The maximum atomic E-state index is 13.7. The number of nitrogens with one attached hydrogen (secondary N) is 1. The largest absolute Gasteiger partial charge is 0.368 e. The van der Waals surface area contributed by atoms with E-state index in [1.54, 1.807) is 0 Å². The Balaban J connectivity index is 1.48. The molecule has 1 saturated heterocycles. The molecule has 2 aliphatic rings. The second kappa shape index (κ2) is 8.56. The number of pyridine rings is 1. The number of nitrogens with zero attached hydrogens (tertiary/aromatic N) is 4. The van der Waals surface area contributed by atoms with Crippen LogP contribution >= 0.6 is 0 Å². The van der Waals surface area contributed by atoms with Gasteiger partial charge in [0.1, 0.15) is 11.2 Å². The molecule has 0 spiro atoms. The number of carbonyl (C=O) groups excluding carboxylic acids is 2. The number of anilines is 1. The maximum Gasteiger partial charge on any atom is 0.256 e. The number of piperazine rings is 1. The Bertz CT molecular complexity index is 1280. The zero-order valence-corrected chi connectivity index (χ0v) is 19.8. The predicted molar refractivity (Wildman–Crippen MR) is 134 cm³/mol. The minimum Gasteiger partial charge on any atom is -0.368 e. The van der Waals surface area contributed by atoms with Crippen LogP contribution in [0.5, 0.6) is 0 Å².